The van der Waals surface area contributed by atoms with Crippen LogP contribution in [0.3, 0.4) is 0 Å². The van der Waals surface area contributed by atoms with E-state index in [1.165, 1.54) is 10.4 Å². The molecule has 1 fully saturated rings. The van der Waals surface area contributed by atoms with Crippen LogP contribution >= 0.6 is 0 Å². The zero-order valence-electron chi connectivity index (χ0n) is 14.2. The number of hydrogen-bond donors (Lipinski definition) is 0. The standard InChI is InChI=1S/C18H21N3O3S/c1-19-13-15(12-17(19)18(22)20-9-4-5-10-20)25(23,24)21-11-8-14-6-2-3-7-16(14)21/h2-3,6-7,12-13H,4-5,8-11H2,1H3. The van der Waals surface area contributed by atoms with Gasteiger partial charge in [-0.2, -0.15) is 0 Å². The van der Waals surface area contributed by atoms with Gasteiger partial charge < -0.3 is 9.47 Å². The molecule has 0 aliphatic carbocycles. The predicted molar refractivity (Wildman–Crippen MR) is 95.2 cm³/mol. The molecule has 0 N–H and O–H groups in total. The Kier molecular flexibility index (Phi) is 3.83. The van der Waals surface area contributed by atoms with Crippen LogP contribution in [-0.2, 0) is 23.5 Å². The van der Waals surface area contributed by atoms with Crippen LogP contribution in [0.1, 0.15) is 28.9 Å². The van der Waals surface area contributed by atoms with Crippen molar-refractivity contribution >= 4 is 21.6 Å². The first kappa shape index (κ1) is 16.2. The lowest BCUT2D eigenvalue weighted by molar-refractivity contribution is 0.0783. The minimum atomic E-state index is -3.67. The van der Waals surface area contributed by atoms with E-state index in [2.05, 4.69) is 0 Å². The van der Waals surface area contributed by atoms with Crippen molar-refractivity contribution in [1.82, 2.24) is 9.47 Å². The van der Waals surface area contributed by atoms with E-state index >= 15 is 0 Å². The second-order valence-electron chi connectivity index (χ2n) is 6.63. The number of fused-ring (bicyclic) bond motifs is 1. The summed E-state index contributed by atoms with van der Waals surface area (Å²) in [6.07, 6.45) is 4.26. The van der Waals surface area contributed by atoms with Crippen molar-refractivity contribution < 1.29 is 13.2 Å². The Morgan fingerprint density at radius 1 is 1.08 bits per heavy atom. The normalized spacial score (nSPS) is 17.2. The molecule has 2 aliphatic rings. The van der Waals surface area contributed by atoms with Crippen LogP contribution in [0, 0.1) is 0 Å². The molecule has 0 saturated carbocycles. The molecule has 0 atom stereocenters. The van der Waals surface area contributed by atoms with Gasteiger partial charge in [0.15, 0.2) is 0 Å². The van der Waals surface area contributed by atoms with Gasteiger partial charge in [-0.05, 0) is 37.0 Å². The number of nitrogens with zero attached hydrogens (tertiary/aromatic N) is 3. The van der Waals surface area contributed by atoms with E-state index < -0.39 is 10.0 Å². The molecule has 3 heterocycles. The number of carbonyl (C=O) groups excluding carboxylic acids is 1. The SMILES string of the molecule is Cn1cc(S(=O)(=O)N2CCc3ccccc32)cc1C(=O)N1CCCC1. The van der Waals surface area contributed by atoms with E-state index in [4.69, 9.17) is 0 Å². The van der Waals surface area contributed by atoms with E-state index in [0.29, 0.717) is 18.7 Å². The van der Waals surface area contributed by atoms with E-state index in [0.717, 1.165) is 37.2 Å². The van der Waals surface area contributed by atoms with Crippen molar-refractivity contribution in [3.63, 3.8) is 0 Å². The van der Waals surface area contributed by atoms with Gasteiger partial charge in [-0.1, -0.05) is 18.2 Å². The number of aryl methyl sites for hydroxylation is 1. The Morgan fingerprint density at radius 2 is 1.80 bits per heavy atom. The Morgan fingerprint density at radius 3 is 2.56 bits per heavy atom. The molecule has 25 heavy (non-hydrogen) atoms. The molecular formula is C18H21N3O3S. The monoisotopic (exact) mass is 359 g/mol. The van der Waals surface area contributed by atoms with E-state index in [-0.39, 0.29) is 10.8 Å². The summed E-state index contributed by atoms with van der Waals surface area (Å²) in [6.45, 7) is 1.92. The van der Waals surface area contributed by atoms with Crippen LogP contribution in [0.5, 0.6) is 0 Å². The predicted octanol–water partition coefficient (Wildman–Crippen LogP) is 2.01. The first-order chi connectivity index (χ1) is 12.0. The lowest BCUT2D eigenvalue weighted by atomic mass is 10.2. The fourth-order valence-electron chi connectivity index (χ4n) is 3.66. The number of benzene rings is 1. The van der Waals surface area contributed by atoms with Gasteiger partial charge >= 0.3 is 0 Å². The van der Waals surface area contributed by atoms with Crippen LogP contribution in [-0.4, -0.2) is 43.4 Å². The molecule has 2 aliphatic heterocycles. The van der Waals surface area contributed by atoms with Crippen LogP contribution in [0.4, 0.5) is 5.69 Å². The van der Waals surface area contributed by atoms with Crippen molar-refractivity contribution in [2.45, 2.75) is 24.2 Å². The molecule has 1 saturated heterocycles. The first-order valence-corrected chi connectivity index (χ1v) is 9.99. The maximum Gasteiger partial charge on any atom is 0.270 e. The summed E-state index contributed by atoms with van der Waals surface area (Å²) in [5, 5.41) is 0. The average molecular weight is 359 g/mol. The summed E-state index contributed by atoms with van der Waals surface area (Å²) in [5.41, 5.74) is 2.20. The van der Waals surface area contributed by atoms with Crippen LogP contribution in [0.2, 0.25) is 0 Å². The van der Waals surface area contributed by atoms with Crippen molar-refractivity contribution in [3.05, 3.63) is 47.8 Å². The number of likely N-dealkylation sites (tertiary alicyclic amines) is 1. The summed E-state index contributed by atoms with van der Waals surface area (Å²) >= 11 is 0. The summed E-state index contributed by atoms with van der Waals surface area (Å²) in [5.74, 6) is -0.0942. The molecule has 2 aromatic rings. The van der Waals surface area contributed by atoms with Crippen LogP contribution in [0.25, 0.3) is 0 Å². The third-order valence-electron chi connectivity index (χ3n) is 5.02. The maximum atomic E-state index is 13.1. The number of para-hydroxylation sites is 1. The zero-order chi connectivity index (χ0) is 17.6. The van der Waals surface area contributed by atoms with Gasteiger partial charge in [0.1, 0.15) is 10.6 Å². The first-order valence-electron chi connectivity index (χ1n) is 8.55. The molecule has 1 aromatic heterocycles. The third kappa shape index (κ3) is 2.63. The van der Waals surface area contributed by atoms with Crippen molar-refractivity contribution in [2.24, 2.45) is 7.05 Å². The highest BCUT2D eigenvalue weighted by Crippen LogP contribution is 2.33. The fraction of sp³-hybridized carbons (Fsp3) is 0.389. The molecule has 132 valence electrons. The van der Waals surface area contributed by atoms with Gasteiger partial charge in [-0.3, -0.25) is 9.10 Å². The Balaban J connectivity index is 1.68. The van der Waals surface area contributed by atoms with Gasteiger partial charge in [-0.15, -0.1) is 0 Å². The van der Waals surface area contributed by atoms with Gasteiger partial charge in [0.05, 0.1) is 5.69 Å². The van der Waals surface area contributed by atoms with E-state index in [1.807, 2.05) is 24.3 Å². The zero-order valence-corrected chi connectivity index (χ0v) is 15.0. The fourth-order valence-corrected chi connectivity index (χ4v) is 5.23. The minimum absolute atomic E-state index is 0.0942. The van der Waals surface area contributed by atoms with Crippen molar-refractivity contribution in [2.75, 3.05) is 23.9 Å². The summed E-state index contributed by atoms with van der Waals surface area (Å²) in [6, 6.07) is 9.07. The molecule has 6 nitrogen and oxygen atoms in total. The number of hydrogen-bond acceptors (Lipinski definition) is 3. The molecule has 1 aromatic carbocycles. The highest BCUT2D eigenvalue weighted by molar-refractivity contribution is 7.92. The highest BCUT2D eigenvalue weighted by Gasteiger charge is 2.33. The summed E-state index contributed by atoms with van der Waals surface area (Å²) in [4.78, 5) is 14.6. The Labute approximate surface area is 147 Å². The summed E-state index contributed by atoms with van der Waals surface area (Å²) in [7, 11) is -1.95. The molecule has 0 spiro atoms. The number of carbonyl (C=O) groups is 1. The molecule has 0 unspecified atom stereocenters. The average Bonchev–Trinajstić information content (AvgIpc) is 3.33. The number of amides is 1. The van der Waals surface area contributed by atoms with Crippen LogP contribution < -0.4 is 4.31 Å². The lowest BCUT2D eigenvalue weighted by Crippen LogP contribution is -2.29. The van der Waals surface area contributed by atoms with Gasteiger partial charge in [0, 0.05) is 32.9 Å². The largest absolute Gasteiger partial charge is 0.345 e. The van der Waals surface area contributed by atoms with Gasteiger partial charge in [0.2, 0.25) is 0 Å². The minimum Gasteiger partial charge on any atom is -0.345 e. The summed E-state index contributed by atoms with van der Waals surface area (Å²) < 4.78 is 29.3. The molecular weight excluding hydrogens is 338 g/mol. The lowest BCUT2D eigenvalue weighted by Gasteiger charge is -2.18. The molecule has 1 amide bonds. The maximum absolute atomic E-state index is 13.1. The second-order valence-corrected chi connectivity index (χ2v) is 8.49. The third-order valence-corrected chi connectivity index (χ3v) is 6.80. The molecule has 0 radical (unpaired) electrons. The molecule has 4 rings (SSSR count). The van der Waals surface area contributed by atoms with E-state index in [9.17, 15) is 13.2 Å². The number of anilines is 1. The van der Waals surface area contributed by atoms with Gasteiger partial charge in [0.25, 0.3) is 15.9 Å². The van der Waals surface area contributed by atoms with Crippen molar-refractivity contribution in [3.8, 4) is 0 Å². The number of aromatic nitrogens is 1. The smallest absolute Gasteiger partial charge is 0.270 e. The Hall–Kier alpha value is -2.28. The van der Waals surface area contributed by atoms with E-state index in [1.54, 1.807) is 22.7 Å². The second kappa shape index (κ2) is 5.91. The van der Waals surface area contributed by atoms with Crippen LogP contribution in [0.15, 0.2) is 41.4 Å². The van der Waals surface area contributed by atoms with Gasteiger partial charge in [-0.25, -0.2) is 8.42 Å². The number of rotatable bonds is 3. The quantitative estimate of drug-likeness (QED) is 0.842. The Bertz CT molecular complexity index is 927. The molecule has 7 heteroatoms. The molecule has 0 bridgehead atoms. The number of sulfonamides is 1. The topological polar surface area (TPSA) is 62.6 Å². The highest BCUT2D eigenvalue weighted by atomic mass is 32.2. The van der Waals surface area contributed by atoms with Crippen molar-refractivity contribution in [1.29, 1.82) is 0 Å².